The predicted octanol–water partition coefficient (Wildman–Crippen LogP) is 3.14. The molecular weight excluding hydrogens is 270 g/mol. The third-order valence-corrected chi connectivity index (χ3v) is 3.35. The van der Waals surface area contributed by atoms with E-state index in [1.165, 1.54) is 0 Å². The van der Waals surface area contributed by atoms with Crippen LogP contribution in [0.4, 0.5) is 0 Å². The van der Waals surface area contributed by atoms with Crippen molar-refractivity contribution in [2.75, 3.05) is 12.0 Å². The van der Waals surface area contributed by atoms with Crippen LogP contribution in [-0.4, -0.2) is 22.1 Å². The Labute approximate surface area is 115 Å². The van der Waals surface area contributed by atoms with Crippen molar-refractivity contribution in [3.05, 3.63) is 35.2 Å². The fourth-order valence-electron chi connectivity index (χ4n) is 1.50. The normalized spacial score (nSPS) is 12.6. The van der Waals surface area contributed by atoms with Gasteiger partial charge in [-0.25, -0.2) is 0 Å². The molecule has 0 aliphatic rings. The highest BCUT2D eigenvalue weighted by atomic mass is 35.5. The zero-order valence-electron chi connectivity index (χ0n) is 9.97. The highest BCUT2D eigenvalue weighted by molar-refractivity contribution is 7.98. The molecule has 0 spiro atoms. The zero-order chi connectivity index (χ0) is 13.0. The summed E-state index contributed by atoms with van der Waals surface area (Å²) >= 11 is 7.66. The first kappa shape index (κ1) is 13.4. The Morgan fingerprint density at radius 3 is 3.06 bits per heavy atom. The van der Waals surface area contributed by atoms with Crippen molar-refractivity contribution in [3.63, 3.8) is 0 Å². The molecule has 0 amide bonds. The number of nitrogens with two attached hydrogens (primary N) is 1. The molecule has 0 fully saturated rings. The van der Waals surface area contributed by atoms with Gasteiger partial charge in [0, 0.05) is 10.6 Å². The van der Waals surface area contributed by atoms with E-state index in [2.05, 4.69) is 10.1 Å². The lowest BCUT2D eigenvalue weighted by Gasteiger charge is -2.03. The summed E-state index contributed by atoms with van der Waals surface area (Å²) in [5.74, 6) is 1.96. The number of hydrogen-bond acceptors (Lipinski definition) is 5. The van der Waals surface area contributed by atoms with Crippen molar-refractivity contribution >= 4 is 23.4 Å². The van der Waals surface area contributed by atoms with Gasteiger partial charge in [0.2, 0.25) is 11.7 Å². The van der Waals surface area contributed by atoms with Gasteiger partial charge in [-0.05, 0) is 30.6 Å². The summed E-state index contributed by atoms with van der Waals surface area (Å²) in [6, 6.07) is 7.12. The lowest BCUT2D eigenvalue weighted by atomic mass is 10.2. The fourth-order valence-corrected chi connectivity index (χ4v) is 2.18. The lowest BCUT2D eigenvalue weighted by molar-refractivity contribution is 0.353. The van der Waals surface area contributed by atoms with E-state index in [1.807, 2.05) is 18.4 Å². The average Bonchev–Trinajstić information content (AvgIpc) is 2.85. The van der Waals surface area contributed by atoms with E-state index in [0.717, 1.165) is 17.7 Å². The summed E-state index contributed by atoms with van der Waals surface area (Å²) < 4.78 is 5.18. The first-order valence-corrected chi connectivity index (χ1v) is 7.32. The van der Waals surface area contributed by atoms with Crippen LogP contribution in [0.15, 0.2) is 28.8 Å². The Kier molecular flexibility index (Phi) is 4.63. The molecule has 0 aliphatic heterocycles. The highest BCUT2D eigenvalue weighted by Crippen LogP contribution is 2.22. The van der Waals surface area contributed by atoms with Gasteiger partial charge in [-0.15, -0.1) is 0 Å². The second-order valence-corrected chi connectivity index (χ2v) is 5.28. The van der Waals surface area contributed by atoms with Crippen LogP contribution in [-0.2, 0) is 0 Å². The smallest absolute Gasteiger partial charge is 0.243 e. The minimum absolute atomic E-state index is 0.210. The van der Waals surface area contributed by atoms with E-state index in [4.69, 9.17) is 21.9 Å². The van der Waals surface area contributed by atoms with Gasteiger partial charge in [0.15, 0.2) is 0 Å². The third kappa shape index (κ3) is 3.25. The number of rotatable bonds is 5. The first-order chi connectivity index (χ1) is 8.70. The molecule has 1 heterocycles. The van der Waals surface area contributed by atoms with Crippen molar-refractivity contribution in [1.82, 2.24) is 10.1 Å². The molecule has 2 aromatic rings. The minimum Gasteiger partial charge on any atom is -0.337 e. The number of thioether (sulfide) groups is 1. The van der Waals surface area contributed by atoms with E-state index < -0.39 is 0 Å². The Bertz CT molecular complexity index is 518. The quantitative estimate of drug-likeness (QED) is 0.913. The first-order valence-electron chi connectivity index (χ1n) is 5.55. The van der Waals surface area contributed by atoms with Crippen molar-refractivity contribution in [1.29, 1.82) is 0 Å². The second kappa shape index (κ2) is 6.22. The Morgan fingerprint density at radius 2 is 2.33 bits per heavy atom. The molecule has 0 bridgehead atoms. The maximum absolute atomic E-state index is 5.97. The number of benzene rings is 1. The van der Waals surface area contributed by atoms with Crippen LogP contribution >= 0.6 is 23.4 Å². The highest BCUT2D eigenvalue weighted by Gasteiger charge is 2.15. The number of aromatic nitrogens is 2. The molecule has 0 saturated carbocycles. The Hall–Kier alpha value is -1.04. The van der Waals surface area contributed by atoms with E-state index in [9.17, 15) is 0 Å². The fraction of sp³-hybridized carbons (Fsp3) is 0.333. The van der Waals surface area contributed by atoms with Crippen molar-refractivity contribution in [2.24, 2.45) is 5.73 Å². The van der Waals surface area contributed by atoms with Crippen LogP contribution in [0.1, 0.15) is 18.4 Å². The van der Waals surface area contributed by atoms with Crippen LogP contribution in [0.5, 0.6) is 0 Å². The van der Waals surface area contributed by atoms with Gasteiger partial charge in [-0.1, -0.05) is 28.9 Å². The van der Waals surface area contributed by atoms with E-state index >= 15 is 0 Å². The molecule has 6 heteroatoms. The van der Waals surface area contributed by atoms with E-state index in [-0.39, 0.29) is 6.04 Å². The minimum atomic E-state index is -0.210. The number of halogens is 1. The predicted molar refractivity (Wildman–Crippen MR) is 74.7 cm³/mol. The van der Waals surface area contributed by atoms with Crippen LogP contribution in [0.3, 0.4) is 0 Å². The van der Waals surface area contributed by atoms with Crippen molar-refractivity contribution in [2.45, 2.75) is 12.5 Å². The summed E-state index contributed by atoms with van der Waals surface area (Å²) in [6.45, 7) is 0. The SMILES string of the molecule is CSCC[C@@H](N)c1nc(-c2cccc(Cl)c2)no1. The molecule has 0 aliphatic carbocycles. The van der Waals surface area contributed by atoms with E-state index in [1.54, 1.807) is 23.9 Å². The van der Waals surface area contributed by atoms with Gasteiger partial charge in [0.1, 0.15) is 0 Å². The molecule has 1 aromatic heterocycles. The Morgan fingerprint density at radius 1 is 1.50 bits per heavy atom. The van der Waals surface area contributed by atoms with Crippen LogP contribution < -0.4 is 5.73 Å². The Balaban J connectivity index is 2.15. The monoisotopic (exact) mass is 283 g/mol. The van der Waals surface area contributed by atoms with Crippen molar-refractivity contribution in [3.8, 4) is 11.4 Å². The van der Waals surface area contributed by atoms with Gasteiger partial charge in [-0.3, -0.25) is 0 Å². The molecule has 1 atom stereocenters. The maximum Gasteiger partial charge on any atom is 0.243 e. The van der Waals surface area contributed by atoms with Crippen LogP contribution in [0.2, 0.25) is 5.02 Å². The molecule has 0 radical (unpaired) electrons. The molecule has 96 valence electrons. The molecule has 2 rings (SSSR count). The summed E-state index contributed by atoms with van der Waals surface area (Å²) in [5.41, 5.74) is 6.80. The van der Waals surface area contributed by atoms with E-state index in [0.29, 0.717) is 16.7 Å². The van der Waals surface area contributed by atoms with Gasteiger partial charge in [0.25, 0.3) is 0 Å². The molecule has 1 aromatic carbocycles. The molecule has 0 saturated heterocycles. The average molecular weight is 284 g/mol. The van der Waals surface area contributed by atoms with Gasteiger partial charge in [0.05, 0.1) is 6.04 Å². The number of hydrogen-bond donors (Lipinski definition) is 1. The molecule has 4 nitrogen and oxygen atoms in total. The summed E-state index contributed by atoms with van der Waals surface area (Å²) in [5, 5.41) is 4.57. The third-order valence-electron chi connectivity index (χ3n) is 2.47. The summed E-state index contributed by atoms with van der Waals surface area (Å²) in [4.78, 5) is 4.30. The van der Waals surface area contributed by atoms with Gasteiger partial charge < -0.3 is 10.3 Å². The topological polar surface area (TPSA) is 64.9 Å². The molecular formula is C12H14ClN3OS. The maximum atomic E-state index is 5.97. The van der Waals surface area contributed by atoms with Gasteiger partial charge in [-0.2, -0.15) is 16.7 Å². The molecule has 0 unspecified atom stereocenters. The second-order valence-electron chi connectivity index (χ2n) is 3.85. The summed E-state index contributed by atoms with van der Waals surface area (Å²) in [6.07, 6.45) is 2.86. The summed E-state index contributed by atoms with van der Waals surface area (Å²) in [7, 11) is 0. The van der Waals surface area contributed by atoms with Crippen LogP contribution in [0.25, 0.3) is 11.4 Å². The molecule has 18 heavy (non-hydrogen) atoms. The van der Waals surface area contributed by atoms with Crippen molar-refractivity contribution < 1.29 is 4.52 Å². The molecule has 2 N–H and O–H groups in total. The number of nitrogens with zero attached hydrogens (tertiary/aromatic N) is 2. The van der Waals surface area contributed by atoms with Crippen LogP contribution in [0, 0.1) is 0 Å². The standard InChI is InChI=1S/C12H14ClN3OS/c1-18-6-5-10(14)12-15-11(16-17-12)8-3-2-4-9(13)7-8/h2-4,7,10H,5-6,14H2,1H3/t10-/m1/s1. The van der Waals surface area contributed by atoms with Gasteiger partial charge >= 0.3 is 0 Å². The zero-order valence-corrected chi connectivity index (χ0v) is 11.5. The lowest BCUT2D eigenvalue weighted by Crippen LogP contribution is -2.11. The largest absolute Gasteiger partial charge is 0.337 e.